The van der Waals surface area contributed by atoms with Gasteiger partial charge in [-0.05, 0) is 43.5 Å². The number of aryl methyl sites for hydroxylation is 3. The molecule has 0 fully saturated rings. The van der Waals surface area contributed by atoms with Crippen LogP contribution in [0.4, 0.5) is 0 Å². The summed E-state index contributed by atoms with van der Waals surface area (Å²) >= 11 is 3.47. The SMILES string of the molecule is COCCOCc1cc(-c2sc(C)cc2CCC(=O)O)sc1C. The molecule has 0 spiro atoms. The highest BCUT2D eigenvalue weighted by Crippen LogP contribution is 2.39. The smallest absolute Gasteiger partial charge is 0.303 e. The maximum absolute atomic E-state index is 10.8. The van der Waals surface area contributed by atoms with Gasteiger partial charge in [-0.15, -0.1) is 22.7 Å². The molecule has 0 amide bonds. The second kappa shape index (κ2) is 8.59. The largest absolute Gasteiger partial charge is 0.481 e. The molecule has 2 aromatic heterocycles. The lowest BCUT2D eigenvalue weighted by Crippen LogP contribution is -2.01. The van der Waals surface area contributed by atoms with Crippen LogP contribution in [0, 0.1) is 13.8 Å². The molecule has 2 aromatic rings. The van der Waals surface area contributed by atoms with Gasteiger partial charge in [0.1, 0.15) is 0 Å². The van der Waals surface area contributed by atoms with Crippen LogP contribution < -0.4 is 0 Å². The minimum atomic E-state index is -0.755. The van der Waals surface area contributed by atoms with Gasteiger partial charge in [0.05, 0.1) is 19.8 Å². The Morgan fingerprint density at radius 2 is 1.96 bits per heavy atom. The van der Waals surface area contributed by atoms with E-state index in [2.05, 4.69) is 26.0 Å². The number of carboxylic acid groups (broad SMARTS) is 1. The van der Waals surface area contributed by atoms with Crippen LogP contribution in [0.3, 0.4) is 0 Å². The Kier molecular flexibility index (Phi) is 6.77. The van der Waals surface area contributed by atoms with Gasteiger partial charge in [0.2, 0.25) is 0 Å². The molecule has 0 atom stereocenters. The molecule has 0 saturated heterocycles. The van der Waals surface area contributed by atoms with E-state index in [1.54, 1.807) is 29.8 Å². The first-order chi connectivity index (χ1) is 11.0. The molecule has 0 aliphatic heterocycles. The van der Waals surface area contributed by atoms with Crippen LogP contribution in [0.1, 0.15) is 27.3 Å². The summed E-state index contributed by atoms with van der Waals surface area (Å²) in [5.41, 5.74) is 2.32. The van der Waals surface area contributed by atoms with Gasteiger partial charge >= 0.3 is 5.97 Å². The van der Waals surface area contributed by atoms with Gasteiger partial charge in [0, 0.05) is 33.0 Å². The zero-order valence-corrected chi connectivity index (χ0v) is 15.3. The molecule has 2 heterocycles. The number of hydrogen-bond acceptors (Lipinski definition) is 5. The Hall–Kier alpha value is -1.21. The Balaban J connectivity index is 2.14. The van der Waals surface area contributed by atoms with Crippen LogP contribution in [-0.4, -0.2) is 31.4 Å². The highest BCUT2D eigenvalue weighted by atomic mass is 32.1. The van der Waals surface area contributed by atoms with Crippen molar-refractivity contribution < 1.29 is 19.4 Å². The van der Waals surface area contributed by atoms with Crippen LogP contribution in [0.2, 0.25) is 0 Å². The molecule has 0 radical (unpaired) electrons. The van der Waals surface area contributed by atoms with Gasteiger partial charge in [-0.3, -0.25) is 4.79 Å². The Labute approximate surface area is 144 Å². The van der Waals surface area contributed by atoms with Crippen molar-refractivity contribution >= 4 is 28.6 Å². The summed E-state index contributed by atoms with van der Waals surface area (Å²) in [5, 5.41) is 8.91. The average molecular weight is 354 g/mol. The fourth-order valence-corrected chi connectivity index (χ4v) is 4.53. The van der Waals surface area contributed by atoms with E-state index in [0.717, 1.165) is 5.56 Å². The predicted molar refractivity (Wildman–Crippen MR) is 94.6 cm³/mol. The van der Waals surface area contributed by atoms with Gasteiger partial charge in [0.25, 0.3) is 0 Å². The van der Waals surface area contributed by atoms with Crippen molar-refractivity contribution in [2.24, 2.45) is 0 Å². The van der Waals surface area contributed by atoms with Crippen molar-refractivity contribution in [3.8, 4) is 9.75 Å². The Bertz CT molecular complexity index is 658. The van der Waals surface area contributed by atoms with E-state index in [0.29, 0.717) is 26.2 Å². The second-order valence-corrected chi connectivity index (χ2v) is 7.86. The minimum absolute atomic E-state index is 0.167. The lowest BCUT2D eigenvalue weighted by atomic mass is 10.1. The minimum Gasteiger partial charge on any atom is -0.481 e. The molecule has 1 N–H and O–H groups in total. The standard InChI is InChI=1S/C17H22O4S2/c1-11-8-13(4-5-16(18)19)17(22-11)15-9-14(12(2)23-15)10-21-7-6-20-3/h8-9H,4-7,10H2,1-3H3,(H,18,19). The first-order valence-electron chi connectivity index (χ1n) is 7.48. The van der Waals surface area contributed by atoms with Gasteiger partial charge in [-0.2, -0.15) is 0 Å². The normalized spacial score (nSPS) is 11.1. The molecule has 0 aromatic carbocycles. The third-order valence-corrected chi connectivity index (χ3v) is 5.84. The molecule has 23 heavy (non-hydrogen) atoms. The molecule has 0 saturated carbocycles. The highest BCUT2D eigenvalue weighted by Gasteiger charge is 2.15. The first kappa shape index (κ1) is 18.1. The third kappa shape index (κ3) is 5.14. The molecule has 0 unspecified atom stereocenters. The van der Waals surface area contributed by atoms with E-state index >= 15 is 0 Å². The van der Waals surface area contributed by atoms with Gasteiger partial charge < -0.3 is 14.6 Å². The van der Waals surface area contributed by atoms with E-state index in [4.69, 9.17) is 14.6 Å². The second-order valence-electron chi connectivity index (χ2n) is 5.34. The Morgan fingerprint density at radius 1 is 1.17 bits per heavy atom. The van der Waals surface area contributed by atoms with E-state index in [9.17, 15) is 4.79 Å². The van der Waals surface area contributed by atoms with Crippen molar-refractivity contribution in [3.63, 3.8) is 0 Å². The molecule has 0 aliphatic rings. The summed E-state index contributed by atoms with van der Waals surface area (Å²) in [7, 11) is 1.66. The topological polar surface area (TPSA) is 55.8 Å². The number of hydrogen-bond donors (Lipinski definition) is 1. The molecule has 6 heteroatoms. The van der Waals surface area contributed by atoms with Gasteiger partial charge in [0.15, 0.2) is 0 Å². The Morgan fingerprint density at radius 3 is 2.65 bits per heavy atom. The number of thiophene rings is 2. The molecule has 0 aliphatic carbocycles. The number of carbonyl (C=O) groups is 1. The van der Waals surface area contributed by atoms with Crippen molar-refractivity contribution in [1.29, 1.82) is 0 Å². The fourth-order valence-electron chi connectivity index (χ4n) is 2.30. The predicted octanol–water partition coefficient (Wildman–Crippen LogP) is 4.27. The van der Waals surface area contributed by atoms with E-state index < -0.39 is 5.97 Å². The highest BCUT2D eigenvalue weighted by molar-refractivity contribution is 7.22. The maximum atomic E-state index is 10.8. The van der Waals surface area contributed by atoms with Crippen molar-refractivity contribution in [1.82, 2.24) is 0 Å². The maximum Gasteiger partial charge on any atom is 0.303 e. The van der Waals surface area contributed by atoms with Gasteiger partial charge in [-0.1, -0.05) is 0 Å². The number of ether oxygens (including phenoxy) is 2. The summed E-state index contributed by atoms with van der Waals surface area (Å²) in [6, 6.07) is 4.27. The molecular weight excluding hydrogens is 332 g/mol. The lowest BCUT2D eigenvalue weighted by Gasteiger charge is -2.02. The molecular formula is C17H22O4S2. The van der Waals surface area contributed by atoms with Crippen LogP contribution in [0.5, 0.6) is 0 Å². The summed E-state index contributed by atoms with van der Waals surface area (Å²) in [5.74, 6) is -0.755. The molecule has 2 rings (SSSR count). The summed E-state index contributed by atoms with van der Waals surface area (Å²) < 4.78 is 10.6. The van der Waals surface area contributed by atoms with Crippen molar-refractivity contribution in [2.45, 2.75) is 33.3 Å². The van der Waals surface area contributed by atoms with Crippen molar-refractivity contribution in [3.05, 3.63) is 33.0 Å². The molecule has 0 bridgehead atoms. The quantitative estimate of drug-likeness (QED) is 0.683. The summed E-state index contributed by atoms with van der Waals surface area (Å²) in [4.78, 5) is 15.7. The van der Waals surface area contributed by atoms with Crippen LogP contribution in [0.25, 0.3) is 9.75 Å². The lowest BCUT2D eigenvalue weighted by molar-refractivity contribution is -0.136. The van der Waals surface area contributed by atoms with Crippen LogP contribution in [0.15, 0.2) is 12.1 Å². The van der Waals surface area contributed by atoms with Gasteiger partial charge in [-0.25, -0.2) is 0 Å². The monoisotopic (exact) mass is 354 g/mol. The number of methoxy groups -OCH3 is 1. The van der Waals surface area contributed by atoms with E-state index in [1.165, 1.54) is 25.1 Å². The van der Waals surface area contributed by atoms with Crippen molar-refractivity contribution in [2.75, 3.05) is 20.3 Å². The fraction of sp³-hybridized carbons (Fsp3) is 0.471. The number of rotatable bonds is 9. The summed E-state index contributed by atoms with van der Waals surface area (Å²) in [6.07, 6.45) is 0.742. The van der Waals surface area contributed by atoms with Crippen LogP contribution >= 0.6 is 22.7 Å². The summed E-state index contributed by atoms with van der Waals surface area (Å²) in [6.45, 7) is 5.93. The van der Waals surface area contributed by atoms with E-state index in [1.807, 2.05) is 0 Å². The number of carboxylic acids is 1. The number of aliphatic carboxylic acids is 1. The van der Waals surface area contributed by atoms with E-state index in [-0.39, 0.29) is 6.42 Å². The molecule has 4 nitrogen and oxygen atoms in total. The average Bonchev–Trinajstić information content (AvgIpc) is 3.04. The third-order valence-electron chi connectivity index (χ3n) is 3.47. The van der Waals surface area contributed by atoms with Crippen LogP contribution in [-0.2, 0) is 27.3 Å². The first-order valence-corrected chi connectivity index (χ1v) is 9.12. The molecule has 126 valence electrons. The zero-order valence-electron chi connectivity index (χ0n) is 13.7. The zero-order chi connectivity index (χ0) is 16.8.